The molecule has 0 aromatic rings. The Bertz CT molecular complexity index is 424. The number of amides is 3. The average Bonchev–Trinajstić information content (AvgIpc) is 2.46. The summed E-state index contributed by atoms with van der Waals surface area (Å²) >= 11 is 0. The first-order valence-electron chi connectivity index (χ1n) is 4.65. The maximum atomic E-state index is 12.9. The second-order valence-electron chi connectivity index (χ2n) is 4.04. The predicted octanol–water partition coefficient (Wildman–Crippen LogP) is 4.94. The van der Waals surface area contributed by atoms with Crippen LogP contribution in [-0.2, 0) is 4.79 Å². The highest BCUT2D eigenvalue weighted by molar-refractivity contribution is 8.65. The summed E-state index contributed by atoms with van der Waals surface area (Å²) in [6.07, 6.45) is 0. The zero-order valence-electron chi connectivity index (χ0n) is 9.71. The Labute approximate surface area is 130 Å². The van der Waals surface area contributed by atoms with E-state index in [1.807, 2.05) is 0 Å². The van der Waals surface area contributed by atoms with Gasteiger partial charge in [0.1, 0.15) is 5.54 Å². The highest BCUT2D eigenvalue weighted by atomic mass is 36.0. The summed E-state index contributed by atoms with van der Waals surface area (Å²) in [5.41, 5.74) is -1.56. The Balaban J connectivity index is 3.33. The number of hydrogen-bond acceptors (Lipinski definition) is 2. The van der Waals surface area contributed by atoms with Gasteiger partial charge in [0, 0.05) is 17.3 Å². The molecule has 19 heavy (non-hydrogen) atoms. The van der Waals surface area contributed by atoms with E-state index in [0.717, 1.165) is 0 Å². The number of carbonyl (C=O) groups is 2. The van der Waals surface area contributed by atoms with Crippen LogP contribution in [0.4, 0.5) is 13.6 Å². The molecule has 0 N–H and O–H groups in total. The molecule has 1 rings (SSSR count). The van der Waals surface area contributed by atoms with Gasteiger partial charge in [0.2, 0.25) is 0 Å². The Morgan fingerprint density at radius 2 is 1.47 bits per heavy atom. The number of rotatable bonds is 4. The summed E-state index contributed by atoms with van der Waals surface area (Å²) in [5.74, 6) is -0.873. The standard InChI is InChI=1S/C7H10Cl4F2N2O2S2/c1-7(2)5(16)14(18(8,9)3-12)6(17)15(7)19(10,11)4-13/h3-4H2,1-2H3. The van der Waals surface area contributed by atoms with E-state index in [1.165, 1.54) is 13.8 Å². The molecule has 0 aliphatic carbocycles. The molecule has 12 heteroatoms. The molecule has 1 heterocycles. The van der Waals surface area contributed by atoms with E-state index in [2.05, 4.69) is 0 Å². The normalized spacial score (nSPS) is 22.1. The number of hydrogen-bond donors (Lipinski definition) is 0. The molecule has 1 aliphatic heterocycles. The number of urea groups is 1. The van der Waals surface area contributed by atoms with Crippen molar-refractivity contribution in [1.29, 1.82) is 0 Å². The van der Waals surface area contributed by atoms with E-state index < -0.39 is 46.8 Å². The third-order valence-electron chi connectivity index (χ3n) is 2.36. The third-order valence-corrected chi connectivity index (χ3v) is 7.53. The third kappa shape index (κ3) is 2.85. The lowest BCUT2D eigenvalue weighted by Crippen LogP contribution is -2.43. The van der Waals surface area contributed by atoms with Gasteiger partial charge in [-0.15, -0.1) is 0 Å². The lowest BCUT2D eigenvalue weighted by Gasteiger charge is -2.38. The van der Waals surface area contributed by atoms with E-state index >= 15 is 0 Å². The zero-order chi connectivity index (χ0) is 15.2. The maximum Gasteiger partial charge on any atom is 0.349 e. The lowest BCUT2D eigenvalue weighted by atomic mass is 10.1. The monoisotopic (exact) mass is 396 g/mol. The minimum Gasteiger partial charge on any atom is -0.271 e. The number of carbonyl (C=O) groups excluding carboxylic acids is 2. The predicted molar refractivity (Wildman–Crippen MR) is 78.7 cm³/mol. The van der Waals surface area contributed by atoms with Gasteiger partial charge in [0.25, 0.3) is 5.91 Å². The van der Waals surface area contributed by atoms with Gasteiger partial charge in [-0.25, -0.2) is 17.9 Å². The van der Waals surface area contributed by atoms with Crippen LogP contribution in [0.25, 0.3) is 0 Å². The van der Waals surface area contributed by atoms with Crippen molar-refractivity contribution in [3.63, 3.8) is 0 Å². The van der Waals surface area contributed by atoms with E-state index in [0.29, 0.717) is 8.61 Å². The van der Waals surface area contributed by atoms with Gasteiger partial charge in [-0.1, -0.05) is 0 Å². The molecular weight excluding hydrogens is 388 g/mol. The molecule has 1 aliphatic rings. The first-order chi connectivity index (χ1) is 8.43. The number of imide groups is 1. The molecule has 0 spiro atoms. The van der Waals surface area contributed by atoms with Crippen molar-refractivity contribution in [2.45, 2.75) is 19.4 Å². The fourth-order valence-electron chi connectivity index (χ4n) is 1.53. The second kappa shape index (κ2) is 5.46. The summed E-state index contributed by atoms with van der Waals surface area (Å²) in [6, 6.07) is -3.64. The molecule has 0 saturated carbocycles. The summed E-state index contributed by atoms with van der Waals surface area (Å²) in [6.45, 7) is 2.61. The number of nitrogens with zero attached hydrogens (tertiary/aromatic N) is 2. The van der Waals surface area contributed by atoms with Crippen molar-refractivity contribution in [3.05, 3.63) is 0 Å². The van der Waals surface area contributed by atoms with Crippen LogP contribution in [0.1, 0.15) is 13.8 Å². The average molecular weight is 398 g/mol. The van der Waals surface area contributed by atoms with E-state index in [4.69, 9.17) is 42.7 Å². The van der Waals surface area contributed by atoms with Crippen LogP contribution in [0.5, 0.6) is 0 Å². The lowest BCUT2D eigenvalue weighted by molar-refractivity contribution is -0.127. The van der Waals surface area contributed by atoms with Crippen molar-refractivity contribution in [1.82, 2.24) is 8.61 Å². The fourth-order valence-corrected chi connectivity index (χ4v) is 5.72. The van der Waals surface area contributed by atoms with Gasteiger partial charge in [-0.3, -0.25) is 4.79 Å². The van der Waals surface area contributed by atoms with E-state index in [-0.39, 0.29) is 0 Å². The fraction of sp³-hybridized carbons (Fsp3) is 0.714. The largest absolute Gasteiger partial charge is 0.349 e. The highest BCUT2D eigenvalue weighted by Gasteiger charge is 2.61. The van der Waals surface area contributed by atoms with Gasteiger partial charge < -0.3 is 0 Å². The van der Waals surface area contributed by atoms with Crippen molar-refractivity contribution < 1.29 is 18.4 Å². The molecule has 0 aromatic carbocycles. The molecule has 3 amide bonds. The van der Waals surface area contributed by atoms with Crippen LogP contribution in [0.3, 0.4) is 0 Å². The van der Waals surface area contributed by atoms with Crippen molar-refractivity contribution in [3.8, 4) is 0 Å². The molecular formula is C7H10Cl4F2N2O2S2. The topological polar surface area (TPSA) is 40.6 Å². The van der Waals surface area contributed by atoms with Crippen LogP contribution in [0.15, 0.2) is 0 Å². The quantitative estimate of drug-likeness (QED) is 0.630. The van der Waals surface area contributed by atoms with Crippen LogP contribution in [-0.4, -0.2) is 38.1 Å². The molecule has 1 fully saturated rings. The summed E-state index contributed by atoms with van der Waals surface area (Å²) in [5, 5.41) is 0. The molecule has 0 aromatic heterocycles. The smallest absolute Gasteiger partial charge is 0.271 e. The summed E-state index contributed by atoms with van der Waals surface area (Å²) in [4.78, 5) is 24.3. The van der Waals surface area contributed by atoms with Crippen molar-refractivity contribution in [2.75, 3.05) is 12.0 Å². The van der Waals surface area contributed by atoms with E-state index in [9.17, 15) is 18.4 Å². The van der Waals surface area contributed by atoms with Gasteiger partial charge in [-0.2, -0.15) is 4.31 Å². The van der Waals surface area contributed by atoms with Crippen LogP contribution >= 0.6 is 60.0 Å². The Hall–Kier alpha value is 0.660. The Morgan fingerprint density at radius 1 is 1.05 bits per heavy atom. The molecule has 0 atom stereocenters. The minimum atomic E-state index is -3.32. The van der Waals surface area contributed by atoms with Crippen LogP contribution in [0.2, 0.25) is 0 Å². The van der Waals surface area contributed by atoms with Crippen LogP contribution < -0.4 is 0 Å². The highest BCUT2D eigenvalue weighted by Crippen LogP contribution is 2.70. The van der Waals surface area contributed by atoms with Gasteiger partial charge in [-0.05, 0) is 56.6 Å². The van der Waals surface area contributed by atoms with Crippen molar-refractivity contribution in [2.24, 2.45) is 0 Å². The first kappa shape index (κ1) is 17.7. The van der Waals surface area contributed by atoms with Crippen molar-refractivity contribution >= 4 is 72.0 Å². The molecule has 114 valence electrons. The SMILES string of the molecule is CC1(C)C(=O)N(S(Cl)(Cl)CF)C(=O)N1S(Cl)(Cl)CF. The van der Waals surface area contributed by atoms with Gasteiger partial charge >= 0.3 is 6.03 Å². The molecule has 4 nitrogen and oxygen atoms in total. The van der Waals surface area contributed by atoms with Gasteiger partial charge in [0.05, 0.1) is 0 Å². The minimum absolute atomic E-state index is 0.373. The molecule has 0 unspecified atom stereocenters. The van der Waals surface area contributed by atoms with Gasteiger partial charge in [0.15, 0.2) is 12.0 Å². The number of halogens is 6. The summed E-state index contributed by atoms with van der Waals surface area (Å²) < 4.78 is 26.7. The Kier molecular flexibility index (Phi) is 5.09. The van der Waals surface area contributed by atoms with E-state index in [1.54, 1.807) is 0 Å². The first-order valence-corrected chi connectivity index (χ1v) is 11.5. The zero-order valence-corrected chi connectivity index (χ0v) is 14.4. The van der Waals surface area contributed by atoms with Crippen LogP contribution in [0, 0.1) is 0 Å². The molecule has 0 bridgehead atoms. The molecule has 0 radical (unpaired) electrons. The molecule has 1 saturated heterocycles. The Morgan fingerprint density at radius 3 is 1.84 bits per heavy atom. The maximum absolute atomic E-state index is 12.9. The summed E-state index contributed by atoms with van der Waals surface area (Å²) in [7, 11) is 16.3. The second-order valence-corrected chi connectivity index (χ2v) is 14.5. The number of alkyl halides is 2.